The second kappa shape index (κ2) is 22.5. The van der Waals surface area contributed by atoms with Gasteiger partial charge in [0.05, 0.1) is 0 Å². The van der Waals surface area contributed by atoms with Crippen molar-refractivity contribution in [3.05, 3.63) is 129 Å². The predicted molar refractivity (Wildman–Crippen MR) is 324 cm³/mol. The average Bonchev–Trinajstić information content (AvgIpc) is 3.13. The summed E-state index contributed by atoms with van der Waals surface area (Å²) in [7, 11) is -8.04. The monoisotopic (exact) mass is 1090 g/mol. The van der Waals surface area contributed by atoms with Gasteiger partial charge in [-0.15, -0.1) is 0 Å². The Balaban J connectivity index is 0.000000582. The normalized spacial score (nSPS) is 13.7. The van der Waals surface area contributed by atoms with E-state index in [0.29, 0.717) is 17.8 Å². The van der Waals surface area contributed by atoms with Crippen LogP contribution in [0, 0.1) is 0 Å². The van der Waals surface area contributed by atoms with E-state index >= 15 is 0 Å². The minimum atomic E-state index is -1.58. The van der Waals surface area contributed by atoms with Crippen molar-refractivity contribution in [2.45, 2.75) is 197 Å². The molecule has 2 radical (unpaired) electrons. The van der Waals surface area contributed by atoms with Crippen molar-refractivity contribution in [3.8, 4) is 0 Å². The fraction of sp³-hybridized carbons (Fsp3) is 0.564. The van der Waals surface area contributed by atoms with E-state index < -0.39 is 68.0 Å². The van der Waals surface area contributed by atoms with Crippen molar-refractivity contribution in [3.63, 3.8) is 0 Å². The van der Waals surface area contributed by atoms with Gasteiger partial charge in [0, 0.05) is 0 Å². The summed E-state index contributed by atoms with van der Waals surface area (Å²) < 4.78 is 3.13. The molecule has 0 bridgehead atoms. The summed E-state index contributed by atoms with van der Waals surface area (Å²) >= 11 is 10.3. The molecule has 10 heteroatoms. The molecule has 0 fully saturated rings. The van der Waals surface area contributed by atoms with Gasteiger partial charge in [0.15, 0.2) is 0 Å². The minimum Gasteiger partial charge on any atom is -0.768 e. The van der Waals surface area contributed by atoms with Gasteiger partial charge in [-0.3, -0.25) is 0 Å². The van der Waals surface area contributed by atoms with Crippen molar-refractivity contribution in [1.82, 2.24) is 0 Å². The quantitative estimate of drug-likeness (QED) is 0.0588. The van der Waals surface area contributed by atoms with E-state index in [9.17, 15) is 0 Å². The maximum Gasteiger partial charge on any atom is -0.0537 e. The van der Waals surface area contributed by atoms with Crippen molar-refractivity contribution >= 4 is 108 Å². The number of hydrogen-bond acceptors (Lipinski definition) is 3. The SMILES string of the molecule is CC(C)c1cc(C(C)C)[c]([Ge][c]2c(C([Si](C)(C)C)[Si](C)(C)C)cc(C([Si](C)(C)C)[Si](C)(C)C)cc2C([Si](C)(C)C)[Si](C)(C)C)c(C(C)C)c1.[S-]SC([S-])(c1ccccc1)c1ccccc1. The minimum absolute atomic E-state index is 0.541. The number of rotatable bonds is 17. The van der Waals surface area contributed by atoms with Crippen LogP contribution in [-0.2, 0) is 28.4 Å². The van der Waals surface area contributed by atoms with Crippen LogP contribution in [0.3, 0.4) is 0 Å². The molecule has 0 aliphatic rings. The van der Waals surface area contributed by atoms with Crippen LogP contribution in [-0.4, -0.2) is 63.9 Å². The van der Waals surface area contributed by atoms with Gasteiger partial charge in [-0.1, -0.05) is 75.9 Å². The molecule has 360 valence electrons. The summed E-state index contributed by atoms with van der Waals surface area (Å²) in [5.74, 6) is 1.64. The fourth-order valence-corrected chi connectivity index (χ4v) is 56.9. The van der Waals surface area contributed by atoms with E-state index in [4.69, 9.17) is 24.3 Å². The van der Waals surface area contributed by atoms with E-state index in [1.54, 1.807) is 21.1 Å². The van der Waals surface area contributed by atoms with Gasteiger partial charge in [-0.2, -0.15) is 0 Å². The molecule has 0 N–H and O–H groups in total. The summed E-state index contributed by atoms with van der Waals surface area (Å²) in [6.45, 7) is 63.3. The Morgan fingerprint density at radius 2 is 0.677 bits per heavy atom. The molecule has 0 amide bonds. The van der Waals surface area contributed by atoms with Crippen molar-refractivity contribution in [2.75, 3.05) is 0 Å². The molecule has 65 heavy (non-hydrogen) atoms. The Hall–Kier alpha value is -0.226. The van der Waals surface area contributed by atoms with E-state index in [1.165, 1.54) is 16.4 Å². The van der Waals surface area contributed by atoms with Gasteiger partial charge < -0.3 is 35.1 Å². The maximum absolute atomic E-state index is 5.69. The molecule has 0 saturated carbocycles. The molecule has 4 aromatic carbocycles. The van der Waals surface area contributed by atoms with Crippen LogP contribution in [0.4, 0.5) is 0 Å². The molecule has 0 atom stereocenters. The summed E-state index contributed by atoms with van der Waals surface area (Å²) in [4.78, 5) is 0. The zero-order valence-electron chi connectivity index (χ0n) is 45.8. The topological polar surface area (TPSA) is 0 Å². The summed E-state index contributed by atoms with van der Waals surface area (Å²) in [6.07, 6.45) is 0. The molecule has 0 aliphatic carbocycles. The Morgan fingerprint density at radius 1 is 0.400 bits per heavy atom. The second-order valence-corrected chi connectivity index (χ2v) is 65.0. The van der Waals surface area contributed by atoms with Crippen LogP contribution < -0.4 is 8.79 Å². The molecule has 4 rings (SSSR count). The second-order valence-electron chi connectivity index (χ2n) is 26.7. The van der Waals surface area contributed by atoms with Gasteiger partial charge in [0.1, 0.15) is 0 Å². The van der Waals surface area contributed by atoms with Gasteiger partial charge in [-0.05, 0) is 0 Å². The third-order valence-electron chi connectivity index (χ3n) is 13.2. The summed E-state index contributed by atoms with van der Waals surface area (Å²) in [5, 5.41) is 2.28. The molecule has 0 nitrogen and oxygen atoms in total. The summed E-state index contributed by atoms with van der Waals surface area (Å²) in [5.41, 5.74) is 12.5. The fourth-order valence-electron chi connectivity index (χ4n) is 12.0. The molecule has 0 heterocycles. The number of benzene rings is 4. The number of hydrogen-bond donors (Lipinski definition) is 0. The van der Waals surface area contributed by atoms with Crippen LogP contribution >= 0.6 is 10.8 Å². The molecule has 0 aromatic heterocycles. The van der Waals surface area contributed by atoms with Crippen LogP contribution in [0.1, 0.15) is 119 Å². The summed E-state index contributed by atoms with van der Waals surface area (Å²) in [6, 6.07) is 31.2. The molecule has 4 aromatic rings. The zero-order chi connectivity index (χ0) is 50.1. The molecule has 0 spiro atoms. The van der Waals surface area contributed by atoms with Crippen LogP contribution in [0.15, 0.2) is 84.9 Å². The van der Waals surface area contributed by atoms with Crippen molar-refractivity contribution < 1.29 is 0 Å². The van der Waals surface area contributed by atoms with Crippen molar-refractivity contribution in [2.24, 2.45) is 0 Å². The molecule has 0 saturated heterocycles. The Labute approximate surface area is 430 Å². The Kier molecular flexibility index (Phi) is 20.4. The first kappa shape index (κ1) is 59.1. The molecule has 0 unspecified atom stereocenters. The van der Waals surface area contributed by atoms with E-state index in [2.05, 4.69) is 184 Å². The van der Waals surface area contributed by atoms with Gasteiger partial charge in [-0.25, -0.2) is 0 Å². The maximum atomic E-state index is 5.69. The smallest absolute Gasteiger partial charge is 0.0537 e. The van der Waals surface area contributed by atoms with E-state index in [1.807, 2.05) is 76.2 Å². The first-order valence-corrected chi connectivity index (χ1v) is 50.3. The standard InChI is InChI=1S/C42H82GeSi6.C13H12S3/c1-29(2)32-25-34(30(3)4)38(35(26-32)31(5)6)43-39-36(41(46(13,14)15)47(16,17)18)27-33(40(44(7,8)9)45(10,11)12)28-37(39)42(48(19,20)21)49(22,23)24;14-13(16-15,11-7-3-1-4-8-11)12-9-5-2-6-10-12/h25-31,40-42H,1-24H3;1-10,14-15H/p-2. The van der Waals surface area contributed by atoms with Crippen LogP contribution in [0.25, 0.3) is 0 Å². The van der Waals surface area contributed by atoms with Gasteiger partial charge >= 0.3 is 323 Å². The molecular formula is C55H92GeS3Si6-2. The van der Waals surface area contributed by atoms with Crippen LogP contribution in [0.2, 0.25) is 118 Å². The first-order valence-electron chi connectivity index (χ1n) is 24.6. The predicted octanol–water partition coefficient (Wildman–Crippen LogP) is 16.9. The van der Waals surface area contributed by atoms with Crippen LogP contribution in [0.5, 0.6) is 0 Å². The third-order valence-corrected chi connectivity index (χ3v) is 47.0. The van der Waals surface area contributed by atoms with Crippen molar-refractivity contribution in [1.29, 1.82) is 0 Å². The third kappa shape index (κ3) is 15.1. The molecular weight excluding hydrogens is 998 g/mol. The largest absolute Gasteiger partial charge is 0.768 e. The first-order chi connectivity index (χ1) is 29.4. The van der Waals surface area contributed by atoms with Gasteiger partial charge in [0.2, 0.25) is 0 Å². The zero-order valence-corrected chi connectivity index (χ0v) is 56.3. The molecule has 0 aliphatic heterocycles. The van der Waals surface area contributed by atoms with E-state index in [0.717, 1.165) is 26.6 Å². The van der Waals surface area contributed by atoms with Gasteiger partial charge in [0.25, 0.3) is 0 Å². The Morgan fingerprint density at radius 3 is 0.923 bits per heavy atom. The average molecular weight is 1090 g/mol. The van der Waals surface area contributed by atoms with E-state index in [-0.39, 0.29) is 0 Å². The Bertz CT molecular complexity index is 1980.